The zero-order valence-corrected chi connectivity index (χ0v) is 15.3. The molecule has 0 heterocycles. The summed E-state index contributed by atoms with van der Waals surface area (Å²) in [6, 6.07) is 12.2. The van der Waals surface area contributed by atoms with E-state index in [0.29, 0.717) is 31.1 Å². The lowest BCUT2D eigenvalue weighted by Gasteiger charge is -2.29. The molecule has 136 valence electrons. The van der Waals surface area contributed by atoms with Crippen LogP contribution in [0.2, 0.25) is 0 Å². The smallest absolute Gasteiger partial charge is 0.161 e. The standard InChI is InChI=1S/C20H26FNO3/c1-20(2,23)14-22(12-15-5-8-17(21)9-6-15)13-16-7-10-18(24-3)19(11-16)25-4/h5-11,23H,12-14H2,1-4H3. The maximum absolute atomic E-state index is 13.1. The number of hydrogen-bond acceptors (Lipinski definition) is 4. The molecular formula is C20H26FNO3. The van der Waals surface area contributed by atoms with Gasteiger partial charge in [0.05, 0.1) is 19.8 Å². The first-order valence-corrected chi connectivity index (χ1v) is 8.21. The second kappa shape index (κ2) is 8.32. The molecule has 4 nitrogen and oxygen atoms in total. The highest BCUT2D eigenvalue weighted by atomic mass is 19.1. The van der Waals surface area contributed by atoms with Gasteiger partial charge in [0.1, 0.15) is 5.82 Å². The minimum atomic E-state index is -0.837. The molecule has 0 aliphatic rings. The summed E-state index contributed by atoms with van der Waals surface area (Å²) >= 11 is 0. The second-order valence-electron chi connectivity index (χ2n) is 6.77. The molecule has 0 aliphatic carbocycles. The van der Waals surface area contributed by atoms with E-state index in [1.165, 1.54) is 12.1 Å². The summed E-state index contributed by atoms with van der Waals surface area (Å²) in [5, 5.41) is 10.2. The van der Waals surface area contributed by atoms with Crippen molar-refractivity contribution in [3.63, 3.8) is 0 Å². The van der Waals surface area contributed by atoms with Crippen LogP contribution in [0, 0.1) is 5.82 Å². The summed E-state index contributed by atoms with van der Waals surface area (Å²) in [6.07, 6.45) is 0. The van der Waals surface area contributed by atoms with Crippen molar-refractivity contribution in [3.8, 4) is 11.5 Å². The highest BCUT2D eigenvalue weighted by Crippen LogP contribution is 2.28. The van der Waals surface area contributed by atoms with E-state index >= 15 is 0 Å². The number of aliphatic hydroxyl groups is 1. The van der Waals surface area contributed by atoms with Gasteiger partial charge < -0.3 is 14.6 Å². The number of nitrogens with zero attached hydrogens (tertiary/aromatic N) is 1. The van der Waals surface area contributed by atoms with Crippen LogP contribution in [0.1, 0.15) is 25.0 Å². The van der Waals surface area contributed by atoms with Crippen LogP contribution in [0.4, 0.5) is 4.39 Å². The lowest BCUT2D eigenvalue weighted by Crippen LogP contribution is -2.37. The van der Waals surface area contributed by atoms with Gasteiger partial charge in [-0.15, -0.1) is 0 Å². The Morgan fingerprint density at radius 1 is 0.920 bits per heavy atom. The van der Waals surface area contributed by atoms with Crippen molar-refractivity contribution in [1.82, 2.24) is 4.90 Å². The van der Waals surface area contributed by atoms with E-state index in [0.717, 1.165) is 11.1 Å². The SMILES string of the molecule is COc1ccc(CN(Cc2ccc(F)cc2)CC(C)(C)O)cc1OC. The van der Waals surface area contributed by atoms with Crippen molar-refractivity contribution in [1.29, 1.82) is 0 Å². The summed E-state index contributed by atoms with van der Waals surface area (Å²) in [5.41, 5.74) is 1.20. The number of methoxy groups -OCH3 is 2. The molecule has 2 rings (SSSR count). The molecule has 0 amide bonds. The first kappa shape index (κ1) is 19.2. The highest BCUT2D eigenvalue weighted by molar-refractivity contribution is 5.42. The Morgan fingerprint density at radius 3 is 2.04 bits per heavy atom. The van der Waals surface area contributed by atoms with Crippen LogP contribution in [0.25, 0.3) is 0 Å². The lowest BCUT2D eigenvalue weighted by molar-refractivity contribution is 0.0306. The van der Waals surface area contributed by atoms with Crippen LogP contribution in [0.5, 0.6) is 11.5 Å². The summed E-state index contributed by atoms with van der Waals surface area (Å²) in [6.45, 7) is 5.28. The third kappa shape index (κ3) is 6.03. The van der Waals surface area contributed by atoms with Gasteiger partial charge >= 0.3 is 0 Å². The molecule has 2 aromatic carbocycles. The molecule has 1 N–H and O–H groups in total. The quantitative estimate of drug-likeness (QED) is 0.792. The minimum absolute atomic E-state index is 0.252. The van der Waals surface area contributed by atoms with Crippen molar-refractivity contribution in [2.75, 3.05) is 20.8 Å². The third-order valence-electron chi connectivity index (χ3n) is 3.78. The Labute approximate surface area is 148 Å². The van der Waals surface area contributed by atoms with E-state index in [1.807, 2.05) is 18.2 Å². The van der Waals surface area contributed by atoms with Crippen LogP contribution in [-0.2, 0) is 13.1 Å². The monoisotopic (exact) mass is 347 g/mol. The number of hydrogen-bond donors (Lipinski definition) is 1. The van der Waals surface area contributed by atoms with Crippen molar-refractivity contribution in [2.45, 2.75) is 32.5 Å². The number of halogens is 1. The largest absolute Gasteiger partial charge is 0.493 e. The Bertz CT molecular complexity index is 680. The highest BCUT2D eigenvalue weighted by Gasteiger charge is 2.19. The fourth-order valence-corrected chi connectivity index (χ4v) is 2.80. The second-order valence-corrected chi connectivity index (χ2v) is 6.77. The maximum atomic E-state index is 13.1. The predicted molar refractivity (Wildman–Crippen MR) is 96.4 cm³/mol. The molecule has 25 heavy (non-hydrogen) atoms. The molecule has 0 aromatic heterocycles. The van der Waals surface area contributed by atoms with E-state index < -0.39 is 5.60 Å². The molecule has 0 aliphatic heterocycles. The Morgan fingerprint density at radius 2 is 1.48 bits per heavy atom. The van der Waals surface area contributed by atoms with Crippen molar-refractivity contribution in [3.05, 3.63) is 59.4 Å². The average Bonchev–Trinajstić information content (AvgIpc) is 2.55. The fraction of sp³-hybridized carbons (Fsp3) is 0.400. The lowest BCUT2D eigenvalue weighted by atomic mass is 10.1. The van der Waals surface area contributed by atoms with Gasteiger partial charge in [0, 0.05) is 19.6 Å². The number of rotatable bonds is 8. The molecule has 0 unspecified atom stereocenters. The molecule has 0 saturated heterocycles. The van der Waals surface area contributed by atoms with Crippen LogP contribution in [0.15, 0.2) is 42.5 Å². The summed E-state index contributed by atoms with van der Waals surface area (Å²) in [7, 11) is 3.21. The Hall–Kier alpha value is -2.11. The zero-order chi connectivity index (χ0) is 18.4. The summed E-state index contributed by atoms with van der Waals surface area (Å²) in [5.74, 6) is 1.10. The van der Waals surface area contributed by atoms with E-state index in [-0.39, 0.29) is 5.82 Å². The first-order chi connectivity index (χ1) is 11.8. The van der Waals surface area contributed by atoms with Gasteiger partial charge in [0.25, 0.3) is 0 Å². The van der Waals surface area contributed by atoms with Gasteiger partial charge in [-0.2, -0.15) is 0 Å². The zero-order valence-electron chi connectivity index (χ0n) is 15.3. The Kier molecular flexibility index (Phi) is 6.39. The summed E-state index contributed by atoms with van der Waals surface area (Å²) in [4.78, 5) is 2.12. The normalized spacial score (nSPS) is 11.6. The minimum Gasteiger partial charge on any atom is -0.493 e. The molecule has 0 spiro atoms. The predicted octanol–water partition coefficient (Wildman–Crippen LogP) is 3.62. The topological polar surface area (TPSA) is 41.9 Å². The maximum Gasteiger partial charge on any atom is 0.161 e. The van der Waals surface area contributed by atoms with Crippen LogP contribution in [-0.4, -0.2) is 36.4 Å². The number of benzene rings is 2. The molecule has 0 atom stereocenters. The van der Waals surface area contributed by atoms with Crippen LogP contribution >= 0.6 is 0 Å². The molecular weight excluding hydrogens is 321 g/mol. The van der Waals surface area contributed by atoms with Crippen molar-refractivity contribution >= 4 is 0 Å². The fourth-order valence-electron chi connectivity index (χ4n) is 2.80. The summed E-state index contributed by atoms with van der Waals surface area (Å²) < 4.78 is 23.7. The van der Waals surface area contributed by atoms with Gasteiger partial charge in [-0.05, 0) is 49.2 Å². The van der Waals surface area contributed by atoms with Gasteiger partial charge in [-0.25, -0.2) is 4.39 Å². The van der Waals surface area contributed by atoms with Crippen molar-refractivity contribution in [2.24, 2.45) is 0 Å². The van der Waals surface area contributed by atoms with Gasteiger partial charge in [-0.1, -0.05) is 18.2 Å². The van der Waals surface area contributed by atoms with Gasteiger partial charge in [0.15, 0.2) is 11.5 Å². The van der Waals surface area contributed by atoms with Gasteiger partial charge in [-0.3, -0.25) is 4.90 Å². The average molecular weight is 347 g/mol. The van der Waals surface area contributed by atoms with E-state index in [9.17, 15) is 9.50 Å². The first-order valence-electron chi connectivity index (χ1n) is 8.21. The molecule has 0 fully saturated rings. The number of ether oxygens (including phenoxy) is 2. The molecule has 0 radical (unpaired) electrons. The Balaban J connectivity index is 2.19. The molecule has 2 aromatic rings. The molecule has 0 saturated carbocycles. The van der Waals surface area contributed by atoms with Gasteiger partial charge in [0.2, 0.25) is 0 Å². The van der Waals surface area contributed by atoms with E-state index in [4.69, 9.17) is 9.47 Å². The van der Waals surface area contributed by atoms with Crippen molar-refractivity contribution < 1.29 is 19.0 Å². The van der Waals surface area contributed by atoms with Crippen LogP contribution < -0.4 is 9.47 Å². The molecule has 5 heteroatoms. The van der Waals surface area contributed by atoms with E-state index in [1.54, 1.807) is 40.2 Å². The van der Waals surface area contributed by atoms with Crippen LogP contribution in [0.3, 0.4) is 0 Å². The molecule has 0 bridgehead atoms. The third-order valence-corrected chi connectivity index (χ3v) is 3.78. The van der Waals surface area contributed by atoms with E-state index in [2.05, 4.69) is 4.90 Å².